The van der Waals surface area contributed by atoms with Crippen molar-refractivity contribution < 1.29 is 9.53 Å². The smallest absolute Gasteiger partial charge is 0.257 e. The number of benzene rings is 2. The van der Waals surface area contributed by atoms with Crippen LogP contribution in [0.1, 0.15) is 23.7 Å². The number of hydrogen-bond donors (Lipinski definition) is 2. The van der Waals surface area contributed by atoms with E-state index in [9.17, 15) is 4.79 Å². The molecule has 0 fully saturated rings. The molecule has 3 aromatic rings. The molecule has 134 valence electrons. The maximum absolute atomic E-state index is 12.3. The van der Waals surface area contributed by atoms with E-state index in [0.29, 0.717) is 22.3 Å². The number of carbonyl (C=O) groups excluding carboxylic acids is 1. The largest absolute Gasteiger partial charge is 0.494 e. The number of hydrogen-bond acceptors (Lipinski definition) is 5. The molecule has 8 heteroatoms. The van der Waals surface area contributed by atoms with Gasteiger partial charge in [-0.15, -0.1) is 0 Å². The predicted molar refractivity (Wildman–Crippen MR) is 111 cm³/mol. The van der Waals surface area contributed by atoms with Crippen LogP contribution in [0.3, 0.4) is 0 Å². The van der Waals surface area contributed by atoms with Crippen molar-refractivity contribution >= 4 is 61.5 Å². The molecule has 1 heterocycles. The van der Waals surface area contributed by atoms with Gasteiger partial charge in [-0.3, -0.25) is 10.1 Å². The summed E-state index contributed by atoms with van der Waals surface area (Å²) in [6, 6.07) is 12.4. The number of halogens is 1. The maximum atomic E-state index is 12.3. The highest BCUT2D eigenvalue weighted by molar-refractivity contribution is 7.80. The molecule has 0 bridgehead atoms. The summed E-state index contributed by atoms with van der Waals surface area (Å²) in [4.78, 5) is 16.7. The van der Waals surface area contributed by atoms with Gasteiger partial charge < -0.3 is 10.1 Å². The topological polar surface area (TPSA) is 63.2 Å². The molecule has 0 saturated heterocycles. The Bertz CT molecular complexity index is 941. The van der Waals surface area contributed by atoms with Crippen molar-refractivity contribution in [3.8, 4) is 5.75 Å². The van der Waals surface area contributed by atoms with Crippen molar-refractivity contribution in [2.24, 2.45) is 0 Å². The number of ether oxygens (including phenoxy) is 1. The van der Waals surface area contributed by atoms with E-state index in [2.05, 4.69) is 15.6 Å². The van der Waals surface area contributed by atoms with Crippen LogP contribution in [0.5, 0.6) is 5.75 Å². The Balaban J connectivity index is 1.60. The van der Waals surface area contributed by atoms with Crippen LogP contribution < -0.4 is 15.4 Å². The van der Waals surface area contributed by atoms with Crippen molar-refractivity contribution in [3.63, 3.8) is 0 Å². The number of fused-ring (bicyclic) bond motifs is 1. The van der Waals surface area contributed by atoms with Crippen LogP contribution in [0.4, 0.5) is 5.13 Å². The highest BCUT2D eigenvalue weighted by Crippen LogP contribution is 2.28. The summed E-state index contributed by atoms with van der Waals surface area (Å²) in [7, 11) is 0. The van der Waals surface area contributed by atoms with Crippen molar-refractivity contribution in [2.75, 3.05) is 11.9 Å². The quantitative estimate of drug-likeness (QED) is 0.593. The number of nitrogens with one attached hydrogen (secondary N) is 2. The fraction of sp³-hybridized carbons (Fsp3) is 0.167. The fourth-order valence-electron chi connectivity index (χ4n) is 2.18. The van der Waals surface area contributed by atoms with Crippen LogP contribution in [0.25, 0.3) is 10.2 Å². The van der Waals surface area contributed by atoms with Crippen LogP contribution in [-0.4, -0.2) is 22.6 Å². The van der Waals surface area contributed by atoms with Gasteiger partial charge in [0, 0.05) is 10.6 Å². The molecule has 0 radical (unpaired) electrons. The Morgan fingerprint density at radius 3 is 2.77 bits per heavy atom. The molecule has 0 unspecified atom stereocenters. The SMILES string of the molecule is CCCOc1ccc(C(=O)NC(=S)Nc2nc3ccc(Cl)cc3s2)cc1. The van der Waals surface area contributed by atoms with E-state index in [1.807, 2.05) is 19.1 Å². The van der Waals surface area contributed by atoms with Crippen molar-refractivity contribution in [3.05, 3.63) is 53.1 Å². The number of amides is 1. The molecule has 3 rings (SSSR count). The number of thiocarbonyl (C=S) groups is 1. The van der Waals surface area contributed by atoms with Crippen molar-refractivity contribution in [1.29, 1.82) is 0 Å². The van der Waals surface area contributed by atoms with Crippen LogP contribution >= 0.6 is 35.2 Å². The minimum absolute atomic E-state index is 0.187. The lowest BCUT2D eigenvalue weighted by Crippen LogP contribution is -2.34. The molecular formula is C18H16ClN3O2S2. The number of thiazole rings is 1. The zero-order chi connectivity index (χ0) is 18.5. The summed E-state index contributed by atoms with van der Waals surface area (Å²) in [6.07, 6.45) is 0.931. The van der Waals surface area contributed by atoms with Crippen LogP contribution in [0.2, 0.25) is 5.02 Å². The van der Waals surface area contributed by atoms with Crippen molar-refractivity contribution in [2.45, 2.75) is 13.3 Å². The summed E-state index contributed by atoms with van der Waals surface area (Å²) in [5.41, 5.74) is 1.31. The molecule has 1 amide bonds. The monoisotopic (exact) mass is 405 g/mol. The van der Waals surface area contributed by atoms with Gasteiger partial charge in [0.05, 0.1) is 16.8 Å². The summed E-state index contributed by atoms with van der Waals surface area (Å²) in [6.45, 7) is 2.68. The van der Waals surface area contributed by atoms with Crippen molar-refractivity contribution in [1.82, 2.24) is 10.3 Å². The molecule has 2 aromatic carbocycles. The number of anilines is 1. The lowest BCUT2D eigenvalue weighted by Gasteiger charge is -2.08. The molecule has 0 aliphatic rings. The first-order valence-electron chi connectivity index (χ1n) is 7.96. The average molecular weight is 406 g/mol. The van der Waals surface area contributed by atoms with E-state index < -0.39 is 0 Å². The zero-order valence-corrected chi connectivity index (χ0v) is 16.3. The molecule has 2 N–H and O–H groups in total. The van der Waals surface area contributed by atoms with E-state index in [4.69, 9.17) is 28.6 Å². The van der Waals surface area contributed by atoms with Gasteiger partial charge in [-0.1, -0.05) is 29.9 Å². The lowest BCUT2D eigenvalue weighted by molar-refractivity contribution is 0.0977. The second kappa shape index (κ2) is 8.44. The number of carbonyl (C=O) groups is 1. The molecule has 0 aliphatic carbocycles. The summed E-state index contributed by atoms with van der Waals surface area (Å²) < 4.78 is 6.44. The normalized spacial score (nSPS) is 10.5. The van der Waals surface area contributed by atoms with Gasteiger partial charge in [-0.2, -0.15) is 0 Å². The molecular weight excluding hydrogens is 390 g/mol. The maximum Gasteiger partial charge on any atom is 0.257 e. The number of aromatic nitrogens is 1. The van der Waals surface area contributed by atoms with Crippen LogP contribution in [0.15, 0.2) is 42.5 Å². The average Bonchev–Trinajstić information content (AvgIpc) is 3.01. The Labute approximate surface area is 165 Å². The highest BCUT2D eigenvalue weighted by Gasteiger charge is 2.10. The molecule has 0 saturated carbocycles. The molecule has 1 aromatic heterocycles. The highest BCUT2D eigenvalue weighted by atomic mass is 35.5. The Hall–Kier alpha value is -2.22. The van der Waals surface area contributed by atoms with E-state index in [0.717, 1.165) is 22.4 Å². The van der Waals surface area contributed by atoms with Gasteiger partial charge in [-0.25, -0.2) is 4.98 Å². The van der Waals surface area contributed by atoms with Crippen LogP contribution in [0, 0.1) is 0 Å². The third-order valence-electron chi connectivity index (χ3n) is 3.39. The van der Waals surface area contributed by atoms with Gasteiger partial charge in [-0.05, 0) is 61.1 Å². The van der Waals surface area contributed by atoms with E-state index >= 15 is 0 Å². The second-order valence-corrected chi connectivity index (χ2v) is 7.29. The van der Waals surface area contributed by atoms with Gasteiger partial charge in [0.2, 0.25) is 0 Å². The standard InChI is InChI=1S/C18H16ClN3O2S2/c1-2-9-24-13-6-3-11(4-7-13)16(23)21-17(25)22-18-20-14-8-5-12(19)10-15(14)26-18/h3-8,10H,2,9H2,1H3,(H2,20,21,22,23,25). The molecule has 0 aliphatic heterocycles. The number of rotatable bonds is 5. The molecule has 5 nitrogen and oxygen atoms in total. The Morgan fingerprint density at radius 1 is 1.27 bits per heavy atom. The summed E-state index contributed by atoms with van der Waals surface area (Å²) in [5, 5.41) is 7.00. The van der Waals surface area contributed by atoms with Gasteiger partial charge >= 0.3 is 0 Å². The Kier molecular flexibility index (Phi) is 6.03. The van der Waals surface area contributed by atoms with E-state index in [1.165, 1.54) is 11.3 Å². The first kappa shape index (κ1) is 18.6. The van der Waals surface area contributed by atoms with E-state index in [1.54, 1.807) is 30.3 Å². The minimum Gasteiger partial charge on any atom is -0.494 e. The second-order valence-electron chi connectivity index (χ2n) is 5.41. The molecule has 0 spiro atoms. The van der Waals surface area contributed by atoms with Gasteiger partial charge in [0.25, 0.3) is 5.91 Å². The van der Waals surface area contributed by atoms with E-state index in [-0.39, 0.29) is 11.0 Å². The number of nitrogens with zero attached hydrogens (tertiary/aromatic N) is 1. The van der Waals surface area contributed by atoms with Crippen LogP contribution in [-0.2, 0) is 0 Å². The zero-order valence-electron chi connectivity index (χ0n) is 13.9. The molecule has 26 heavy (non-hydrogen) atoms. The summed E-state index contributed by atoms with van der Waals surface area (Å²) in [5.74, 6) is 0.436. The third kappa shape index (κ3) is 4.69. The van der Waals surface area contributed by atoms with Gasteiger partial charge in [0.1, 0.15) is 5.75 Å². The molecule has 0 atom stereocenters. The lowest BCUT2D eigenvalue weighted by atomic mass is 10.2. The first-order chi connectivity index (χ1) is 12.5. The predicted octanol–water partition coefficient (Wildman–Crippen LogP) is 4.87. The fourth-order valence-corrected chi connectivity index (χ4v) is 3.58. The Morgan fingerprint density at radius 2 is 2.04 bits per heavy atom. The minimum atomic E-state index is -0.298. The first-order valence-corrected chi connectivity index (χ1v) is 9.56. The third-order valence-corrected chi connectivity index (χ3v) is 4.76. The summed E-state index contributed by atoms with van der Waals surface area (Å²) >= 11 is 12.6. The van der Waals surface area contributed by atoms with Gasteiger partial charge in [0.15, 0.2) is 10.2 Å².